The zero-order valence-electron chi connectivity index (χ0n) is 11.6. The molecule has 0 radical (unpaired) electrons. The van der Waals surface area contributed by atoms with Gasteiger partial charge in [-0.1, -0.05) is 33.6 Å². The molecular weight excluding hydrogens is 212 g/mol. The molecule has 17 heavy (non-hydrogen) atoms. The molecule has 1 aliphatic heterocycles. The average molecular weight is 240 g/mol. The van der Waals surface area contributed by atoms with Gasteiger partial charge in [0.1, 0.15) is 0 Å². The highest BCUT2D eigenvalue weighted by molar-refractivity contribution is 5.82. The molecule has 3 heteroatoms. The number of amides is 1. The summed E-state index contributed by atoms with van der Waals surface area (Å²) in [7, 11) is 0. The lowest BCUT2D eigenvalue weighted by molar-refractivity contribution is -0.133. The Hall–Kier alpha value is -0.570. The number of carbonyl (C=O) groups is 1. The number of carbonyl (C=O) groups excluding carboxylic acids is 1. The third kappa shape index (κ3) is 3.98. The third-order valence-electron chi connectivity index (χ3n) is 4.28. The van der Waals surface area contributed by atoms with Crippen LogP contribution in [0.3, 0.4) is 0 Å². The minimum atomic E-state index is -0.307. The van der Waals surface area contributed by atoms with Gasteiger partial charge in [-0.05, 0) is 31.1 Å². The maximum atomic E-state index is 12.2. The molecule has 0 aromatic heterocycles. The van der Waals surface area contributed by atoms with Gasteiger partial charge >= 0.3 is 0 Å². The molecule has 1 aliphatic rings. The van der Waals surface area contributed by atoms with Crippen LogP contribution in [0, 0.1) is 11.8 Å². The lowest BCUT2D eigenvalue weighted by atomic mass is 9.98. The van der Waals surface area contributed by atoms with Crippen molar-refractivity contribution in [2.45, 2.75) is 58.9 Å². The van der Waals surface area contributed by atoms with E-state index in [9.17, 15) is 4.79 Å². The van der Waals surface area contributed by atoms with E-state index in [0.29, 0.717) is 0 Å². The zero-order chi connectivity index (χ0) is 12.8. The van der Waals surface area contributed by atoms with Crippen LogP contribution in [0.25, 0.3) is 0 Å². The van der Waals surface area contributed by atoms with Gasteiger partial charge in [-0.25, -0.2) is 0 Å². The molecule has 0 aromatic rings. The van der Waals surface area contributed by atoms with Crippen LogP contribution in [0.1, 0.15) is 52.9 Å². The second-order valence-electron chi connectivity index (χ2n) is 5.44. The number of hydrogen-bond acceptors (Lipinski definition) is 2. The summed E-state index contributed by atoms with van der Waals surface area (Å²) in [5.74, 6) is 1.25. The van der Waals surface area contributed by atoms with Gasteiger partial charge in [-0.15, -0.1) is 0 Å². The van der Waals surface area contributed by atoms with E-state index in [0.717, 1.165) is 38.3 Å². The first-order valence-corrected chi connectivity index (χ1v) is 7.14. The molecule has 100 valence electrons. The summed E-state index contributed by atoms with van der Waals surface area (Å²) in [5.41, 5.74) is 6.03. The summed E-state index contributed by atoms with van der Waals surface area (Å²) < 4.78 is 0. The number of nitrogens with two attached hydrogens (primary N) is 1. The molecule has 3 atom stereocenters. The Bertz CT molecular complexity index is 242. The number of rotatable bonds is 4. The van der Waals surface area contributed by atoms with E-state index in [2.05, 4.69) is 20.8 Å². The molecule has 1 saturated heterocycles. The van der Waals surface area contributed by atoms with Crippen LogP contribution >= 0.6 is 0 Å². The fourth-order valence-electron chi connectivity index (χ4n) is 2.50. The Morgan fingerprint density at radius 3 is 2.65 bits per heavy atom. The minimum absolute atomic E-state index is 0.163. The lowest BCUT2D eigenvalue weighted by Crippen LogP contribution is -2.47. The Kier molecular flexibility index (Phi) is 5.96. The summed E-state index contributed by atoms with van der Waals surface area (Å²) in [5, 5.41) is 0. The molecule has 2 N–H and O–H groups in total. The SMILES string of the molecule is CCC1CCCN(C(=O)[C@@H](N)C(C)CC)CC1. The maximum Gasteiger partial charge on any atom is 0.239 e. The molecule has 0 aromatic carbocycles. The van der Waals surface area contributed by atoms with E-state index in [-0.39, 0.29) is 17.9 Å². The van der Waals surface area contributed by atoms with Crippen molar-refractivity contribution in [3.05, 3.63) is 0 Å². The van der Waals surface area contributed by atoms with E-state index in [4.69, 9.17) is 5.73 Å². The molecule has 0 aliphatic carbocycles. The van der Waals surface area contributed by atoms with Crippen molar-refractivity contribution in [1.29, 1.82) is 0 Å². The van der Waals surface area contributed by atoms with Gasteiger partial charge in [0, 0.05) is 13.1 Å². The standard InChI is InChI=1S/C14H28N2O/c1-4-11(3)13(15)14(17)16-9-6-7-12(5-2)8-10-16/h11-13H,4-10,15H2,1-3H3/t11?,12?,13-/m0/s1. The van der Waals surface area contributed by atoms with Crippen LogP contribution in [0.2, 0.25) is 0 Å². The number of hydrogen-bond donors (Lipinski definition) is 1. The molecule has 1 heterocycles. The lowest BCUT2D eigenvalue weighted by Gasteiger charge is -2.27. The fourth-order valence-corrected chi connectivity index (χ4v) is 2.50. The first-order valence-electron chi connectivity index (χ1n) is 7.14. The van der Waals surface area contributed by atoms with E-state index < -0.39 is 0 Å². The second kappa shape index (κ2) is 7.00. The topological polar surface area (TPSA) is 46.3 Å². The Labute approximate surface area is 106 Å². The van der Waals surface area contributed by atoms with Gasteiger partial charge in [0.15, 0.2) is 0 Å². The molecule has 3 nitrogen and oxygen atoms in total. The summed E-state index contributed by atoms with van der Waals surface area (Å²) in [6, 6.07) is -0.307. The van der Waals surface area contributed by atoms with E-state index >= 15 is 0 Å². The Morgan fingerprint density at radius 1 is 1.35 bits per heavy atom. The van der Waals surface area contributed by atoms with Crippen LogP contribution in [0.15, 0.2) is 0 Å². The normalized spacial score (nSPS) is 25.2. The van der Waals surface area contributed by atoms with Crippen molar-refractivity contribution in [3.8, 4) is 0 Å². The van der Waals surface area contributed by atoms with Crippen molar-refractivity contribution < 1.29 is 4.79 Å². The Balaban J connectivity index is 2.52. The largest absolute Gasteiger partial charge is 0.341 e. The van der Waals surface area contributed by atoms with Crippen molar-refractivity contribution in [1.82, 2.24) is 4.90 Å². The van der Waals surface area contributed by atoms with E-state index in [1.165, 1.54) is 12.8 Å². The summed E-state index contributed by atoms with van der Waals surface area (Å²) in [4.78, 5) is 14.2. The predicted molar refractivity (Wildman–Crippen MR) is 71.6 cm³/mol. The highest BCUT2D eigenvalue weighted by Crippen LogP contribution is 2.21. The molecule has 0 spiro atoms. The summed E-state index contributed by atoms with van der Waals surface area (Å²) >= 11 is 0. The molecule has 1 amide bonds. The van der Waals surface area contributed by atoms with Crippen LogP contribution in [0.4, 0.5) is 0 Å². The molecule has 0 bridgehead atoms. The monoisotopic (exact) mass is 240 g/mol. The molecule has 1 rings (SSSR count). The van der Waals surface area contributed by atoms with Crippen LogP contribution in [-0.4, -0.2) is 29.9 Å². The Morgan fingerprint density at radius 2 is 2.06 bits per heavy atom. The average Bonchev–Trinajstić information content (AvgIpc) is 2.61. The number of likely N-dealkylation sites (tertiary alicyclic amines) is 1. The second-order valence-corrected chi connectivity index (χ2v) is 5.44. The first kappa shape index (κ1) is 14.5. The predicted octanol–water partition coefficient (Wildman–Crippen LogP) is 2.40. The van der Waals surface area contributed by atoms with Crippen molar-refractivity contribution >= 4 is 5.91 Å². The van der Waals surface area contributed by atoms with Gasteiger partial charge in [0.05, 0.1) is 6.04 Å². The molecule has 1 fully saturated rings. The molecule has 2 unspecified atom stereocenters. The highest BCUT2D eigenvalue weighted by atomic mass is 16.2. The quantitative estimate of drug-likeness (QED) is 0.820. The smallest absolute Gasteiger partial charge is 0.239 e. The van der Waals surface area contributed by atoms with Crippen molar-refractivity contribution in [2.75, 3.05) is 13.1 Å². The van der Waals surface area contributed by atoms with Crippen LogP contribution in [0.5, 0.6) is 0 Å². The van der Waals surface area contributed by atoms with Gasteiger partial charge in [-0.2, -0.15) is 0 Å². The fraction of sp³-hybridized carbons (Fsp3) is 0.929. The maximum absolute atomic E-state index is 12.2. The van der Waals surface area contributed by atoms with E-state index in [1.54, 1.807) is 0 Å². The van der Waals surface area contributed by atoms with Crippen molar-refractivity contribution in [2.24, 2.45) is 17.6 Å². The van der Waals surface area contributed by atoms with Gasteiger partial charge in [0.25, 0.3) is 0 Å². The first-order chi connectivity index (χ1) is 8.10. The van der Waals surface area contributed by atoms with Gasteiger partial charge in [0.2, 0.25) is 5.91 Å². The van der Waals surface area contributed by atoms with Crippen LogP contribution < -0.4 is 5.73 Å². The van der Waals surface area contributed by atoms with Crippen molar-refractivity contribution in [3.63, 3.8) is 0 Å². The van der Waals surface area contributed by atoms with Gasteiger partial charge < -0.3 is 10.6 Å². The molecule has 0 saturated carbocycles. The minimum Gasteiger partial charge on any atom is -0.341 e. The summed E-state index contributed by atoms with van der Waals surface area (Å²) in [6.07, 6.45) is 5.75. The van der Waals surface area contributed by atoms with Gasteiger partial charge in [-0.3, -0.25) is 4.79 Å². The summed E-state index contributed by atoms with van der Waals surface area (Å²) in [6.45, 7) is 8.20. The zero-order valence-corrected chi connectivity index (χ0v) is 11.6. The molecular formula is C14H28N2O. The third-order valence-corrected chi connectivity index (χ3v) is 4.28. The van der Waals surface area contributed by atoms with Crippen LogP contribution in [-0.2, 0) is 4.79 Å². The number of nitrogens with zero attached hydrogens (tertiary/aromatic N) is 1. The van der Waals surface area contributed by atoms with E-state index in [1.807, 2.05) is 4.90 Å². The highest BCUT2D eigenvalue weighted by Gasteiger charge is 2.26.